The average molecular weight is 337 g/mol. The van der Waals surface area contributed by atoms with E-state index in [0.717, 1.165) is 11.4 Å². The Morgan fingerprint density at radius 3 is 2.48 bits per heavy atom. The Hall–Kier alpha value is -3.09. The minimum absolute atomic E-state index is 0.201. The number of aromatic amines is 1. The lowest BCUT2D eigenvalue weighted by Gasteiger charge is -2.13. The molecule has 2 aromatic heterocycles. The number of H-pyrrole nitrogens is 1. The van der Waals surface area contributed by atoms with Gasteiger partial charge in [0.25, 0.3) is 5.56 Å². The highest BCUT2D eigenvalue weighted by Gasteiger charge is 2.20. The second kappa shape index (κ2) is 6.80. The van der Waals surface area contributed by atoms with Crippen LogP contribution in [0.4, 0.5) is 0 Å². The van der Waals surface area contributed by atoms with Crippen LogP contribution in [-0.2, 0) is 11.3 Å². The van der Waals surface area contributed by atoms with Crippen molar-refractivity contribution in [1.82, 2.24) is 25.5 Å². The maximum Gasteiger partial charge on any atom is 0.272 e. The molecule has 0 fully saturated rings. The number of nitrogens with zero attached hydrogens (tertiary/aromatic N) is 3. The van der Waals surface area contributed by atoms with E-state index in [1.54, 1.807) is 25.1 Å². The Kier molecular flexibility index (Phi) is 4.56. The van der Waals surface area contributed by atoms with Crippen molar-refractivity contribution < 1.29 is 4.79 Å². The molecule has 3 aromatic rings. The molecule has 7 heteroatoms. The van der Waals surface area contributed by atoms with Crippen molar-refractivity contribution >= 4 is 16.7 Å². The van der Waals surface area contributed by atoms with Gasteiger partial charge in [-0.05, 0) is 32.9 Å². The molecule has 0 aliphatic heterocycles. The first kappa shape index (κ1) is 16.8. The van der Waals surface area contributed by atoms with Crippen LogP contribution < -0.4 is 10.9 Å². The van der Waals surface area contributed by atoms with Crippen LogP contribution >= 0.6 is 0 Å². The third-order valence-electron chi connectivity index (χ3n) is 3.98. The van der Waals surface area contributed by atoms with Crippen LogP contribution in [0.2, 0.25) is 0 Å². The molecule has 3 rings (SSSR count). The number of aryl methyl sites for hydroxylation is 2. The van der Waals surface area contributed by atoms with Crippen LogP contribution in [-0.4, -0.2) is 26.1 Å². The molecule has 1 atom stereocenters. The highest BCUT2D eigenvalue weighted by atomic mass is 16.2. The molecule has 1 amide bonds. The number of carbonyl (C=O) groups excluding carboxylic acids is 1. The molecule has 0 saturated carbocycles. The zero-order chi connectivity index (χ0) is 18.0. The van der Waals surface area contributed by atoms with E-state index in [-0.39, 0.29) is 18.0 Å². The summed E-state index contributed by atoms with van der Waals surface area (Å²) in [5.74, 6) is -0.155. The van der Waals surface area contributed by atoms with Crippen molar-refractivity contribution in [2.75, 3.05) is 0 Å². The molecule has 0 unspecified atom stereocenters. The van der Waals surface area contributed by atoms with Crippen LogP contribution in [0, 0.1) is 13.8 Å². The Morgan fingerprint density at radius 1 is 1.16 bits per heavy atom. The van der Waals surface area contributed by atoms with Gasteiger partial charge in [-0.15, -0.1) is 0 Å². The molecule has 7 nitrogen and oxygen atoms in total. The molecule has 0 saturated heterocycles. The topological polar surface area (TPSA) is 101 Å². The average Bonchev–Trinajstić information content (AvgIpc) is 2.59. The first-order chi connectivity index (χ1) is 12.0. The zero-order valence-electron chi connectivity index (χ0n) is 14.3. The number of hydrogen-bond donors (Lipinski definition) is 2. The first-order valence-electron chi connectivity index (χ1n) is 8.02. The smallest absolute Gasteiger partial charge is 0.272 e. The fourth-order valence-electron chi connectivity index (χ4n) is 2.79. The zero-order valence-corrected chi connectivity index (χ0v) is 14.3. The van der Waals surface area contributed by atoms with Crippen molar-refractivity contribution in [3.8, 4) is 0 Å². The third-order valence-corrected chi connectivity index (χ3v) is 3.98. The monoisotopic (exact) mass is 337 g/mol. The van der Waals surface area contributed by atoms with Crippen LogP contribution in [0.1, 0.15) is 35.7 Å². The number of amides is 1. The van der Waals surface area contributed by atoms with E-state index in [1.807, 2.05) is 26.0 Å². The van der Waals surface area contributed by atoms with Gasteiger partial charge in [0.05, 0.1) is 23.5 Å². The van der Waals surface area contributed by atoms with E-state index < -0.39 is 5.92 Å². The normalized spacial score (nSPS) is 12.1. The van der Waals surface area contributed by atoms with Crippen molar-refractivity contribution in [3.05, 3.63) is 63.6 Å². The van der Waals surface area contributed by atoms with Gasteiger partial charge in [0.15, 0.2) is 0 Å². The van der Waals surface area contributed by atoms with Crippen LogP contribution in [0.5, 0.6) is 0 Å². The SMILES string of the molecule is Cc1cc(C)nc(CNC(=O)[C@H](C)c2n[nH]c(=O)c3ccccc23)n1. The van der Waals surface area contributed by atoms with Gasteiger partial charge >= 0.3 is 0 Å². The van der Waals surface area contributed by atoms with Crippen LogP contribution in [0.25, 0.3) is 10.8 Å². The van der Waals surface area contributed by atoms with Crippen molar-refractivity contribution in [1.29, 1.82) is 0 Å². The quantitative estimate of drug-likeness (QED) is 0.755. The second-order valence-corrected chi connectivity index (χ2v) is 5.99. The van der Waals surface area contributed by atoms with E-state index in [4.69, 9.17) is 0 Å². The number of fused-ring (bicyclic) bond motifs is 1. The molecule has 0 bridgehead atoms. The Morgan fingerprint density at radius 2 is 1.80 bits per heavy atom. The number of benzene rings is 1. The molecule has 25 heavy (non-hydrogen) atoms. The largest absolute Gasteiger partial charge is 0.348 e. The maximum atomic E-state index is 12.5. The summed E-state index contributed by atoms with van der Waals surface area (Å²) in [6, 6.07) is 8.99. The summed E-state index contributed by atoms with van der Waals surface area (Å²) in [6.45, 7) is 5.77. The molecular weight excluding hydrogens is 318 g/mol. The molecular formula is C18H19N5O2. The lowest BCUT2D eigenvalue weighted by molar-refractivity contribution is -0.122. The van der Waals surface area contributed by atoms with E-state index in [1.165, 1.54) is 0 Å². The molecule has 128 valence electrons. The number of carbonyl (C=O) groups is 1. The maximum absolute atomic E-state index is 12.5. The van der Waals surface area contributed by atoms with Crippen LogP contribution in [0.3, 0.4) is 0 Å². The number of aromatic nitrogens is 4. The minimum Gasteiger partial charge on any atom is -0.348 e. The minimum atomic E-state index is -0.521. The van der Waals surface area contributed by atoms with Gasteiger partial charge in [-0.25, -0.2) is 15.1 Å². The predicted molar refractivity (Wildman–Crippen MR) is 94.1 cm³/mol. The third kappa shape index (κ3) is 3.55. The molecule has 0 aliphatic carbocycles. The molecule has 0 radical (unpaired) electrons. The molecule has 0 aliphatic rings. The van der Waals surface area contributed by atoms with Crippen molar-refractivity contribution in [2.24, 2.45) is 0 Å². The summed E-state index contributed by atoms with van der Waals surface area (Å²) >= 11 is 0. The lowest BCUT2D eigenvalue weighted by Crippen LogP contribution is -2.29. The first-order valence-corrected chi connectivity index (χ1v) is 8.02. The van der Waals surface area contributed by atoms with Gasteiger partial charge < -0.3 is 5.32 Å². The predicted octanol–water partition coefficient (Wildman–Crippen LogP) is 1.75. The number of nitrogens with one attached hydrogen (secondary N) is 2. The summed E-state index contributed by atoms with van der Waals surface area (Å²) in [4.78, 5) is 33.0. The van der Waals surface area contributed by atoms with Crippen molar-refractivity contribution in [2.45, 2.75) is 33.2 Å². The van der Waals surface area contributed by atoms with E-state index in [0.29, 0.717) is 22.3 Å². The number of rotatable bonds is 4. The van der Waals surface area contributed by atoms with E-state index in [2.05, 4.69) is 25.5 Å². The van der Waals surface area contributed by atoms with Gasteiger partial charge in [-0.2, -0.15) is 5.10 Å². The van der Waals surface area contributed by atoms with E-state index >= 15 is 0 Å². The van der Waals surface area contributed by atoms with Gasteiger partial charge in [0.2, 0.25) is 5.91 Å². The fraction of sp³-hybridized carbons (Fsp3) is 0.278. The Balaban J connectivity index is 1.81. The van der Waals surface area contributed by atoms with Gasteiger partial charge in [-0.3, -0.25) is 9.59 Å². The van der Waals surface area contributed by atoms with E-state index in [9.17, 15) is 9.59 Å². The summed E-state index contributed by atoms with van der Waals surface area (Å²) in [6.07, 6.45) is 0. The van der Waals surface area contributed by atoms with Crippen LogP contribution in [0.15, 0.2) is 35.1 Å². The summed E-state index contributed by atoms with van der Waals surface area (Å²) < 4.78 is 0. The molecule has 2 N–H and O–H groups in total. The lowest BCUT2D eigenvalue weighted by atomic mass is 10.0. The second-order valence-electron chi connectivity index (χ2n) is 5.99. The van der Waals surface area contributed by atoms with Gasteiger partial charge in [0, 0.05) is 16.8 Å². The summed E-state index contributed by atoms with van der Waals surface area (Å²) in [7, 11) is 0. The summed E-state index contributed by atoms with van der Waals surface area (Å²) in [5, 5.41) is 10.6. The fourth-order valence-corrected chi connectivity index (χ4v) is 2.79. The summed E-state index contributed by atoms with van der Waals surface area (Å²) in [5.41, 5.74) is 1.99. The number of hydrogen-bond acceptors (Lipinski definition) is 5. The van der Waals surface area contributed by atoms with Gasteiger partial charge in [0.1, 0.15) is 5.82 Å². The Bertz CT molecular complexity index is 976. The van der Waals surface area contributed by atoms with Crippen molar-refractivity contribution in [3.63, 3.8) is 0 Å². The Labute approximate surface area is 144 Å². The van der Waals surface area contributed by atoms with Gasteiger partial charge in [-0.1, -0.05) is 18.2 Å². The molecule has 2 heterocycles. The highest BCUT2D eigenvalue weighted by molar-refractivity contribution is 5.90. The highest BCUT2D eigenvalue weighted by Crippen LogP contribution is 2.20. The standard InChI is InChI=1S/C18H19N5O2/c1-10-8-11(2)21-15(20-10)9-19-17(24)12(3)16-13-6-4-5-7-14(13)18(25)23-22-16/h4-8,12H,9H2,1-3H3,(H,19,24)(H,23,25)/t12-/m1/s1. The molecule has 1 aromatic carbocycles. The molecule has 0 spiro atoms.